The molecule has 1 amide bonds. The zero-order chi connectivity index (χ0) is 27.3. The van der Waals surface area contributed by atoms with E-state index in [1.165, 1.54) is 25.3 Å². The highest BCUT2D eigenvalue weighted by molar-refractivity contribution is 14.1. The number of hydrogen-bond acceptors (Lipinski definition) is 6. The van der Waals surface area contributed by atoms with Crippen molar-refractivity contribution in [1.29, 1.82) is 5.26 Å². The Labute approximate surface area is 226 Å². The molecule has 0 bridgehead atoms. The number of methoxy groups -OCH3 is 1. The Kier molecular flexibility index (Phi) is 8.61. The molecule has 37 heavy (non-hydrogen) atoms. The molecule has 0 aromatic heterocycles. The topological polar surface area (TPSA) is 114 Å². The third-order valence-electron chi connectivity index (χ3n) is 4.74. The first-order valence-electron chi connectivity index (χ1n) is 10.0. The number of nitriles is 1. The molecule has 0 atom stereocenters. The van der Waals surface area contributed by atoms with E-state index in [0.29, 0.717) is 27.0 Å². The van der Waals surface area contributed by atoms with Crippen LogP contribution in [-0.4, -0.2) is 17.9 Å². The Morgan fingerprint density at radius 3 is 2.49 bits per heavy atom. The quantitative estimate of drug-likeness (QED) is 0.0956. The minimum Gasteiger partial charge on any atom is -0.493 e. The lowest BCUT2D eigenvalue weighted by molar-refractivity contribution is -0.385. The van der Waals surface area contributed by atoms with Crippen molar-refractivity contribution in [2.24, 2.45) is 0 Å². The second-order valence-electron chi connectivity index (χ2n) is 7.18. The second kappa shape index (κ2) is 11.5. The average Bonchev–Trinajstić information content (AvgIpc) is 2.84. The van der Waals surface area contributed by atoms with Crippen molar-refractivity contribution in [2.45, 2.75) is 6.18 Å². The fraction of sp³-hybridized carbons (Fsp3) is 0.0833. The minimum absolute atomic E-state index is 0.0119. The number of nitro benzene ring substituents is 1. The first-order chi connectivity index (χ1) is 17.4. The lowest BCUT2D eigenvalue weighted by Crippen LogP contribution is -2.13. The number of benzene rings is 3. The fourth-order valence-corrected chi connectivity index (χ4v) is 3.94. The number of nitrogens with one attached hydrogen (secondary N) is 1. The Bertz CT molecular complexity index is 1450. The molecule has 3 aromatic rings. The molecule has 0 radical (unpaired) electrons. The zero-order valence-corrected chi connectivity index (χ0v) is 21.5. The predicted octanol–water partition coefficient (Wildman–Crippen LogP) is 7.22. The highest BCUT2D eigenvalue weighted by atomic mass is 127. The van der Waals surface area contributed by atoms with Crippen molar-refractivity contribution in [1.82, 2.24) is 0 Å². The summed E-state index contributed by atoms with van der Waals surface area (Å²) in [5.41, 5.74) is -1.69. The molecule has 3 aromatic carbocycles. The van der Waals surface area contributed by atoms with Gasteiger partial charge in [-0.15, -0.1) is 0 Å². The molecule has 0 aliphatic rings. The number of halogens is 5. The van der Waals surface area contributed by atoms with Gasteiger partial charge in [-0.2, -0.15) is 18.4 Å². The van der Waals surface area contributed by atoms with E-state index in [4.69, 9.17) is 21.1 Å². The summed E-state index contributed by atoms with van der Waals surface area (Å²) in [6.07, 6.45) is -3.50. The van der Waals surface area contributed by atoms with E-state index in [1.807, 2.05) is 22.6 Å². The lowest BCUT2D eigenvalue weighted by atomic mass is 10.1. The Morgan fingerprint density at radius 1 is 1.19 bits per heavy atom. The van der Waals surface area contributed by atoms with Gasteiger partial charge in [0.2, 0.25) is 5.75 Å². The minimum atomic E-state index is -4.78. The summed E-state index contributed by atoms with van der Waals surface area (Å²) in [5.74, 6) is -1.11. The number of para-hydroxylation sites is 1. The van der Waals surface area contributed by atoms with Crippen LogP contribution < -0.4 is 14.8 Å². The van der Waals surface area contributed by atoms with E-state index in [-0.39, 0.29) is 22.1 Å². The van der Waals surface area contributed by atoms with Crippen molar-refractivity contribution in [3.63, 3.8) is 0 Å². The lowest BCUT2D eigenvalue weighted by Gasteiger charge is -2.14. The van der Waals surface area contributed by atoms with Crippen LogP contribution in [0.2, 0.25) is 5.02 Å². The van der Waals surface area contributed by atoms with Gasteiger partial charge in [0.15, 0.2) is 11.5 Å². The van der Waals surface area contributed by atoms with Crippen molar-refractivity contribution < 1.29 is 32.4 Å². The standard InChI is InChI=1S/C24H14ClF3IN3O5/c1-36-21-10-13(8-14(12-30)23(33)31-18-5-3-2-4-16(18)25)9-17(29)22(21)37-20-7-6-15(24(26,27)28)11-19(20)32(34)35/h2-11H,1H3,(H,31,33)/b14-8+. The summed E-state index contributed by atoms with van der Waals surface area (Å²) in [4.78, 5) is 23.0. The van der Waals surface area contributed by atoms with Gasteiger partial charge in [0.1, 0.15) is 11.6 Å². The van der Waals surface area contributed by atoms with E-state index in [9.17, 15) is 33.3 Å². The van der Waals surface area contributed by atoms with Gasteiger partial charge < -0.3 is 14.8 Å². The summed E-state index contributed by atoms with van der Waals surface area (Å²) in [5, 5.41) is 23.7. The number of nitro groups is 1. The Morgan fingerprint density at radius 2 is 1.89 bits per heavy atom. The van der Waals surface area contributed by atoms with Crippen molar-refractivity contribution in [3.8, 4) is 23.3 Å². The number of nitrogens with zero attached hydrogens (tertiary/aromatic N) is 2. The maximum atomic E-state index is 13.0. The predicted molar refractivity (Wildman–Crippen MR) is 138 cm³/mol. The van der Waals surface area contributed by atoms with Crippen LogP contribution in [0.15, 0.2) is 60.2 Å². The molecule has 1 N–H and O–H groups in total. The van der Waals surface area contributed by atoms with Crippen LogP contribution in [0.4, 0.5) is 24.5 Å². The van der Waals surface area contributed by atoms with Gasteiger partial charge in [-0.25, -0.2) is 0 Å². The highest BCUT2D eigenvalue weighted by Gasteiger charge is 2.33. The van der Waals surface area contributed by atoms with Gasteiger partial charge in [-0.3, -0.25) is 14.9 Å². The van der Waals surface area contributed by atoms with Crippen LogP contribution in [0.3, 0.4) is 0 Å². The average molecular weight is 644 g/mol. The molecule has 0 saturated carbocycles. The van der Waals surface area contributed by atoms with Gasteiger partial charge in [-0.1, -0.05) is 23.7 Å². The third-order valence-corrected chi connectivity index (χ3v) is 5.88. The molecule has 0 aliphatic carbocycles. The molecule has 0 fully saturated rings. The molecule has 0 unspecified atom stereocenters. The smallest absolute Gasteiger partial charge is 0.416 e. The summed E-state index contributed by atoms with van der Waals surface area (Å²) >= 11 is 7.86. The number of hydrogen-bond donors (Lipinski definition) is 1. The van der Waals surface area contributed by atoms with Crippen LogP contribution in [0.5, 0.6) is 17.2 Å². The first-order valence-corrected chi connectivity index (χ1v) is 11.5. The fourth-order valence-electron chi connectivity index (χ4n) is 3.02. The molecule has 13 heteroatoms. The number of rotatable bonds is 7. The summed E-state index contributed by atoms with van der Waals surface area (Å²) in [6.45, 7) is 0. The number of carbonyl (C=O) groups is 1. The van der Waals surface area contributed by atoms with Crippen LogP contribution in [-0.2, 0) is 11.0 Å². The molecule has 3 rings (SSSR count). The molecular formula is C24H14ClF3IN3O5. The molecule has 190 valence electrons. The third kappa shape index (κ3) is 6.69. The van der Waals surface area contributed by atoms with Crippen molar-refractivity contribution in [2.75, 3.05) is 12.4 Å². The maximum absolute atomic E-state index is 13.0. The van der Waals surface area contributed by atoms with Crippen LogP contribution in [0.25, 0.3) is 6.08 Å². The Balaban J connectivity index is 1.96. The van der Waals surface area contributed by atoms with Crippen molar-refractivity contribution in [3.05, 3.63) is 90.0 Å². The first kappa shape index (κ1) is 27.8. The Hall–Kier alpha value is -3.83. The maximum Gasteiger partial charge on any atom is 0.416 e. The highest BCUT2D eigenvalue weighted by Crippen LogP contribution is 2.42. The van der Waals surface area contributed by atoms with Gasteiger partial charge >= 0.3 is 11.9 Å². The van der Waals surface area contributed by atoms with Gasteiger partial charge in [-0.05, 0) is 70.6 Å². The van der Waals surface area contributed by atoms with Crippen molar-refractivity contribution >= 4 is 57.5 Å². The van der Waals surface area contributed by atoms with Gasteiger partial charge in [0, 0.05) is 6.07 Å². The van der Waals surface area contributed by atoms with Gasteiger partial charge in [0.05, 0.1) is 31.9 Å². The molecule has 0 spiro atoms. The number of ether oxygens (including phenoxy) is 2. The van der Waals surface area contributed by atoms with E-state index in [0.717, 1.165) is 6.07 Å². The van der Waals surface area contributed by atoms with Crippen LogP contribution >= 0.6 is 34.2 Å². The van der Waals surface area contributed by atoms with E-state index < -0.39 is 34.0 Å². The normalized spacial score (nSPS) is 11.4. The zero-order valence-electron chi connectivity index (χ0n) is 18.6. The number of amides is 1. The number of carbonyl (C=O) groups excluding carboxylic acids is 1. The summed E-state index contributed by atoms with van der Waals surface area (Å²) in [6, 6.07) is 13.0. The summed E-state index contributed by atoms with van der Waals surface area (Å²) in [7, 11) is 1.28. The van der Waals surface area contributed by atoms with Gasteiger partial charge in [0.25, 0.3) is 5.91 Å². The molecule has 0 heterocycles. The molecular weight excluding hydrogens is 630 g/mol. The molecule has 8 nitrogen and oxygen atoms in total. The second-order valence-corrected chi connectivity index (χ2v) is 8.75. The monoisotopic (exact) mass is 643 g/mol. The van der Waals surface area contributed by atoms with E-state index >= 15 is 0 Å². The van der Waals surface area contributed by atoms with Crippen LogP contribution in [0.1, 0.15) is 11.1 Å². The summed E-state index contributed by atoms with van der Waals surface area (Å²) < 4.78 is 50.2. The van der Waals surface area contributed by atoms with Crippen LogP contribution in [0, 0.1) is 25.0 Å². The number of anilines is 1. The number of alkyl halides is 3. The largest absolute Gasteiger partial charge is 0.493 e. The van der Waals surface area contributed by atoms with E-state index in [1.54, 1.807) is 30.3 Å². The SMILES string of the molecule is COc1cc(/C=C(\C#N)C(=O)Nc2ccccc2Cl)cc(I)c1Oc1ccc(C(F)(F)F)cc1[N+](=O)[O-]. The molecule has 0 aliphatic heterocycles. The molecule has 0 saturated heterocycles. The van der Waals surface area contributed by atoms with E-state index in [2.05, 4.69) is 5.32 Å².